The molecule has 3 aromatic rings. The van der Waals surface area contributed by atoms with Crippen molar-refractivity contribution in [2.24, 2.45) is 4.99 Å². The predicted molar refractivity (Wildman–Crippen MR) is 96.1 cm³/mol. The highest BCUT2D eigenvalue weighted by Gasteiger charge is 2.14. The summed E-state index contributed by atoms with van der Waals surface area (Å²) in [7, 11) is 0. The Balaban J connectivity index is 2.21. The molecule has 3 rings (SSSR count). The van der Waals surface area contributed by atoms with E-state index in [2.05, 4.69) is 10.9 Å². The van der Waals surface area contributed by atoms with Gasteiger partial charge in [-0.05, 0) is 31.2 Å². The number of para-hydroxylation sites is 1. The number of nitrogens with zero attached hydrogens (tertiary/aromatic N) is 2. The van der Waals surface area contributed by atoms with E-state index in [-0.39, 0.29) is 12.1 Å². The van der Waals surface area contributed by atoms with E-state index in [0.29, 0.717) is 17.2 Å². The van der Waals surface area contributed by atoms with E-state index in [1.807, 2.05) is 25.1 Å². The molecule has 1 aromatic heterocycles. The van der Waals surface area contributed by atoms with Crippen molar-refractivity contribution in [3.05, 3.63) is 58.6 Å². The number of carbonyl (C=O) groups is 1. The summed E-state index contributed by atoms with van der Waals surface area (Å²) in [5, 5.41) is 0. The molecule has 0 radical (unpaired) electrons. The number of hydrogen-bond acceptors (Lipinski definition) is 3. The van der Waals surface area contributed by atoms with Gasteiger partial charge in [0.15, 0.2) is 4.80 Å². The van der Waals surface area contributed by atoms with Crippen LogP contribution in [0.3, 0.4) is 0 Å². The lowest BCUT2D eigenvalue weighted by atomic mass is 10.2. The maximum absolute atomic E-state index is 13.8. The van der Waals surface area contributed by atoms with E-state index in [1.54, 1.807) is 10.6 Å². The van der Waals surface area contributed by atoms with E-state index >= 15 is 0 Å². The van der Waals surface area contributed by atoms with Crippen molar-refractivity contribution < 1.29 is 13.9 Å². The van der Waals surface area contributed by atoms with E-state index in [0.717, 1.165) is 10.2 Å². The summed E-state index contributed by atoms with van der Waals surface area (Å²) in [6.45, 7) is 2.63. The average Bonchev–Trinajstić information content (AvgIpc) is 2.94. The van der Waals surface area contributed by atoms with Crippen LogP contribution < -0.4 is 9.54 Å². The van der Waals surface area contributed by atoms with Gasteiger partial charge in [0.25, 0.3) is 5.91 Å². The van der Waals surface area contributed by atoms with Gasteiger partial charge in [-0.1, -0.05) is 35.5 Å². The number of amides is 1. The minimum Gasteiger partial charge on any atom is -0.492 e. The van der Waals surface area contributed by atoms with Crippen LogP contribution in [0.1, 0.15) is 17.3 Å². The van der Waals surface area contributed by atoms with Crippen molar-refractivity contribution >= 4 is 27.5 Å². The molecule has 1 amide bonds. The Labute approximate surface area is 148 Å². The number of rotatable bonds is 4. The third kappa shape index (κ3) is 3.32. The van der Waals surface area contributed by atoms with Gasteiger partial charge in [-0.3, -0.25) is 4.79 Å². The molecule has 2 aromatic carbocycles. The normalized spacial score (nSPS) is 11.5. The SMILES string of the molecule is C#CCn1c(=NC(=O)c2ccccc2F)sc2cccc(OCC)c21. The molecule has 0 saturated heterocycles. The molecule has 0 aliphatic carbocycles. The lowest BCUT2D eigenvalue weighted by Crippen LogP contribution is -2.17. The van der Waals surface area contributed by atoms with Gasteiger partial charge in [0.2, 0.25) is 0 Å². The summed E-state index contributed by atoms with van der Waals surface area (Å²) in [6, 6.07) is 11.4. The highest BCUT2D eigenvalue weighted by molar-refractivity contribution is 7.16. The molecule has 1 heterocycles. The smallest absolute Gasteiger partial charge is 0.282 e. The van der Waals surface area contributed by atoms with Crippen LogP contribution in [-0.4, -0.2) is 17.1 Å². The topological polar surface area (TPSA) is 43.6 Å². The van der Waals surface area contributed by atoms with Crippen LogP contribution in [0.15, 0.2) is 47.5 Å². The second-order valence-electron chi connectivity index (χ2n) is 5.11. The molecule has 0 saturated carbocycles. The number of ether oxygens (including phenoxy) is 1. The lowest BCUT2D eigenvalue weighted by Gasteiger charge is -2.07. The highest BCUT2D eigenvalue weighted by Crippen LogP contribution is 2.27. The third-order valence-corrected chi connectivity index (χ3v) is 4.56. The quantitative estimate of drug-likeness (QED) is 0.672. The van der Waals surface area contributed by atoms with Crippen molar-refractivity contribution in [1.82, 2.24) is 4.57 Å². The highest BCUT2D eigenvalue weighted by atomic mass is 32.1. The summed E-state index contributed by atoms with van der Waals surface area (Å²) >= 11 is 1.31. The molecule has 0 fully saturated rings. The number of fused-ring (bicyclic) bond motifs is 1. The van der Waals surface area contributed by atoms with E-state index in [1.165, 1.54) is 29.5 Å². The lowest BCUT2D eigenvalue weighted by molar-refractivity contribution is 0.0994. The number of halogens is 1. The zero-order valence-corrected chi connectivity index (χ0v) is 14.3. The Kier molecular flexibility index (Phi) is 4.96. The maximum Gasteiger partial charge on any atom is 0.282 e. The Bertz CT molecular complexity index is 1040. The number of benzene rings is 2. The number of aromatic nitrogens is 1. The minimum atomic E-state index is -0.645. The summed E-state index contributed by atoms with van der Waals surface area (Å²) in [4.78, 5) is 16.9. The first-order chi connectivity index (χ1) is 12.2. The summed E-state index contributed by atoms with van der Waals surface area (Å²) in [6.07, 6.45) is 5.48. The van der Waals surface area contributed by atoms with Gasteiger partial charge in [0.1, 0.15) is 17.1 Å². The average molecular weight is 354 g/mol. The van der Waals surface area contributed by atoms with E-state index in [9.17, 15) is 9.18 Å². The Hall–Kier alpha value is -2.91. The van der Waals surface area contributed by atoms with Crippen molar-refractivity contribution in [2.45, 2.75) is 13.5 Å². The molecule has 0 N–H and O–H groups in total. The van der Waals surface area contributed by atoms with Gasteiger partial charge in [-0.15, -0.1) is 6.42 Å². The summed E-state index contributed by atoms with van der Waals surface area (Å²) < 4.78 is 22.1. The Morgan fingerprint density at radius 3 is 2.84 bits per heavy atom. The fourth-order valence-corrected chi connectivity index (χ4v) is 3.52. The molecule has 0 bridgehead atoms. The van der Waals surface area contributed by atoms with Crippen molar-refractivity contribution in [1.29, 1.82) is 0 Å². The molecule has 0 aliphatic heterocycles. The second-order valence-corrected chi connectivity index (χ2v) is 6.12. The van der Waals surface area contributed by atoms with E-state index in [4.69, 9.17) is 11.2 Å². The van der Waals surface area contributed by atoms with Crippen LogP contribution in [0.5, 0.6) is 5.75 Å². The van der Waals surface area contributed by atoms with Crippen LogP contribution in [0, 0.1) is 18.2 Å². The first-order valence-electron chi connectivity index (χ1n) is 7.68. The fraction of sp³-hybridized carbons (Fsp3) is 0.158. The van der Waals surface area contributed by atoms with Gasteiger partial charge in [0, 0.05) is 0 Å². The van der Waals surface area contributed by atoms with Gasteiger partial charge in [0.05, 0.1) is 23.4 Å². The van der Waals surface area contributed by atoms with Crippen LogP contribution in [0.2, 0.25) is 0 Å². The van der Waals surface area contributed by atoms with Crippen LogP contribution in [-0.2, 0) is 6.54 Å². The minimum absolute atomic E-state index is 0.0720. The molecular formula is C19H15FN2O2S. The van der Waals surface area contributed by atoms with Crippen LogP contribution >= 0.6 is 11.3 Å². The molecule has 0 atom stereocenters. The molecule has 0 aliphatic rings. The largest absolute Gasteiger partial charge is 0.492 e. The monoisotopic (exact) mass is 354 g/mol. The van der Waals surface area contributed by atoms with Gasteiger partial charge in [-0.25, -0.2) is 4.39 Å². The number of thiazole rings is 1. The first kappa shape index (κ1) is 16.9. The molecule has 126 valence electrons. The zero-order valence-electron chi connectivity index (χ0n) is 13.5. The fourth-order valence-electron chi connectivity index (χ4n) is 2.47. The van der Waals surface area contributed by atoms with Crippen molar-refractivity contribution in [3.8, 4) is 18.1 Å². The molecule has 25 heavy (non-hydrogen) atoms. The van der Waals surface area contributed by atoms with Gasteiger partial charge >= 0.3 is 0 Å². The number of hydrogen-bond donors (Lipinski definition) is 0. The zero-order chi connectivity index (χ0) is 17.8. The number of carbonyl (C=O) groups excluding carboxylic acids is 1. The van der Waals surface area contributed by atoms with Crippen molar-refractivity contribution in [2.75, 3.05) is 6.61 Å². The molecule has 0 unspecified atom stereocenters. The first-order valence-corrected chi connectivity index (χ1v) is 8.49. The second kappa shape index (κ2) is 7.32. The number of terminal acetylenes is 1. The van der Waals surface area contributed by atoms with Crippen molar-refractivity contribution in [3.63, 3.8) is 0 Å². The van der Waals surface area contributed by atoms with Crippen LogP contribution in [0.25, 0.3) is 10.2 Å². The summed E-state index contributed by atoms with van der Waals surface area (Å²) in [5.41, 5.74) is 0.713. The van der Waals surface area contributed by atoms with Crippen LogP contribution in [0.4, 0.5) is 4.39 Å². The molecular weight excluding hydrogens is 339 g/mol. The molecule has 0 spiro atoms. The Morgan fingerprint density at radius 2 is 2.12 bits per heavy atom. The molecule has 4 nitrogen and oxygen atoms in total. The van der Waals surface area contributed by atoms with Gasteiger partial charge < -0.3 is 9.30 Å². The van der Waals surface area contributed by atoms with E-state index < -0.39 is 11.7 Å². The molecule has 6 heteroatoms. The summed E-state index contributed by atoms with van der Waals surface area (Å²) in [5.74, 6) is 1.99. The third-order valence-electron chi connectivity index (χ3n) is 3.51. The van der Waals surface area contributed by atoms with Gasteiger partial charge in [-0.2, -0.15) is 4.99 Å². The Morgan fingerprint density at radius 1 is 1.32 bits per heavy atom. The maximum atomic E-state index is 13.8. The standard InChI is InChI=1S/C19H15FN2O2S/c1-3-12-22-17-15(24-4-2)10-7-11-16(17)25-19(22)21-18(23)13-8-5-6-9-14(13)20/h1,5-11H,4,12H2,2H3. The predicted octanol–water partition coefficient (Wildman–Crippen LogP) is 3.61.